The lowest BCUT2D eigenvalue weighted by molar-refractivity contribution is -0.127. The van der Waals surface area contributed by atoms with Gasteiger partial charge in [0.25, 0.3) is 0 Å². The van der Waals surface area contributed by atoms with Crippen LogP contribution in [-0.4, -0.2) is 36.7 Å². The van der Waals surface area contributed by atoms with Crippen LogP contribution in [0.3, 0.4) is 0 Å². The lowest BCUT2D eigenvalue weighted by atomic mass is 9.54. The number of hydrogen-bond acceptors (Lipinski definition) is 3. The van der Waals surface area contributed by atoms with Crippen molar-refractivity contribution in [2.45, 2.75) is 81.9 Å². The van der Waals surface area contributed by atoms with Gasteiger partial charge in [-0.2, -0.15) is 0 Å². The van der Waals surface area contributed by atoms with Gasteiger partial charge >= 0.3 is 6.09 Å². The predicted molar refractivity (Wildman–Crippen MR) is 119 cm³/mol. The van der Waals surface area contributed by atoms with E-state index in [9.17, 15) is 4.79 Å². The van der Waals surface area contributed by atoms with Gasteiger partial charge in [-0.15, -0.1) is 0 Å². The summed E-state index contributed by atoms with van der Waals surface area (Å²) >= 11 is 0. The van der Waals surface area contributed by atoms with E-state index in [1.807, 2.05) is 0 Å². The highest BCUT2D eigenvalue weighted by atomic mass is 16.6. The van der Waals surface area contributed by atoms with Crippen molar-refractivity contribution in [2.24, 2.45) is 23.7 Å². The smallest absolute Gasteiger partial charge is 0.407 e. The van der Waals surface area contributed by atoms with Crippen LogP contribution in [0.25, 0.3) is 0 Å². The van der Waals surface area contributed by atoms with Crippen molar-refractivity contribution in [2.75, 3.05) is 14.1 Å². The molecule has 1 amide bonds. The fourth-order valence-electron chi connectivity index (χ4n) is 7.77. The largest absolute Gasteiger partial charge is 0.443 e. The van der Waals surface area contributed by atoms with Gasteiger partial charge in [0.2, 0.25) is 0 Å². The fourth-order valence-corrected chi connectivity index (χ4v) is 7.77. The first-order chi connectivity index (χ1) is 14.5. The predicted octanol–water partition coefficient (Wildman–Crippen LogP) is 5.54. The van der Waals surface area contributed by atoms with Crippen molar-refractivity contribution in [3.05, 3.63) is 35.9 Å². The summed E-state index contributed by atoms with van der Waals surface area (Å²) in [5, 5.41) is 3.25. The average Bonchev–Trinajstić information content (AvgIpc) is 2.68. The summed E-state index contributed by atoms with van der Waals surface area (Å²) in [5.41, 5.74) is 1.26. The number of hydrogen-bond donors (Lipinski definition) is 1. The number of nitrogens with zero attached hydrogens (tertiary/aromatic N) is 1. The number of benzene rings is 1. The maximum atomic E-state index is 12.8. The van der Waals surface area contributed by atoms with Gasteiger partial charge < -0.3 is 15.0 Å². The topological polar surface area (TPSA) is 41.6 Å². The first-order valence-corrected chi connectivity index (χ1v) is 12.2. The Bertz CT molecular complexity index is 703. The van der Waals surface area contributed by atoms with Crippen molar-refractivity contribution >= 4 is 6.09 Å². The molecule has 4 heteroatoms. The van der Waals surface area contributed by atoms with Gasteiger partial charge in [0, 0.05) is 12.1 Å². The minimum Gasteiger partial charge on any atom is -0.443 e. The fraction of sp³-hybridized carbons (Fsp3) is 0.731. The zero-order chi connectivity index (χ0) is 20.7. The number of alkyl carbamates (subject to hydrolysis) is 1. The zero-order valence-corrected chi connectivity index (χ0v) is 18.7. The first-order valence-electron chi connectivity index (χ1n) is 12.2. The third-order valence-corrected chi connectivity index (χ3v) is 8.53. The maximum Gasteiger partial charge on any atom is 0.407 e. The lowest BCUT2D eigenvalue weighted by Gasteiger charge is -2.55. The summed E-state index contributed by atoms with van der Waals surface area (Å²) in [6.45, 7) is 0. The van der Waals surface area contributed by atoms with E-state index in [0.717, 1.165) is 62.7 Å². The second-order valence-corrected chi connectivity index (χ2v) is 11.1. The Kier molecular flexibility index (Phi) is 5.55. The van der Waals surface area contributed by atoms with Gasteiger partial charge in [0.1, 0.15) is 5.60 Å². The molecule has 0 aromatic heterocycles. The summed E-state index contributed by atoms with van der Waals surface area (Å²) in [7, 11) is 4.37. The minimum absolute atomic E-state index is 0.140. The van der Waals surface area contributed by atoms with Crippen LogP contribution in [0.4, 0.5) is 4.79 Å². The molecule has 4 bridgehead atoms. The van der Waals surface area contributed by atoms with Crippen LogP contribution in [0.5, 0.6) is 0 Å². The number of rotatable bonds is 5. The van der Waals surface area contributed by atoms with E-state index in [2.05, 4.69) is 54.6 Å². The molecular formula is C26H38N2O2. The molecule has 1 unspecified atom stereocenters. The van der Waals surface area contributed by atoms with E-state index in [0.29, 0.717) is 12.0 Å². The third-order valence-electron chi connectivity index (χ3n) is 8.53. The first kappa shape index (κ1) is 20.4. The molecule has 0 spiro atoms. The lowest BCUT2D eigenvalue weighted by Crippen LogP contribution is -2.54. The van der Waals surface area contributed by atoms with Crippen molar-refractivity contribution in [3.8, 4) is 0 Å². The number of amides is 1. The Morgan fingerprint density at radius 1 is 0.967 bits per heavy atom. The Balaban J connectivity index is 1.14. The van der Waals surface area contributed by atoms with Crippen LogP contribution in [0, 0.1) is 23.7 Å². The second kappa shape index (κ2) is 8.18. The molecule has 0 aliphatic heterocycles. The molecule has 4 nitrogen and oxygen atoms in total. The number of nitrogens with one attached hydrogen (secondary N) is 1. The molecule has 1 aromatic carbocycles. The maximum absolute atomic E-state index is 12.8. The van der Waals surface area contributed by atoms with Crippen LogP contribution in [0.15, 0.2) is 30.3 Å². The SMILES string of the molecule is CN(C)C(c1ccccc1)C1CCC(NC(=O)OC23CC4CC(CC(C4)C2)C3)CC1. The second-order valence-electron chi connectivity index (χ2n) is 11.1. The third kappa shape index (κ3) is 4.12. The Morgan fingerprint density at radius 3 is 2.07 bits per heavy atom. The summed E-state index contributed by atoms with van der Waals surface area (Å²) in [4.78, 5) is 15.2. The van der Waals surface area contributed by atoms with E-state index < -0.39 is 0 Å². The molecule has 30 heavy (non-hydrogen) atoms. The standard InChI is InChI=1S/C26H38N2O2/c1-28(2)24(21-6-4-3-5-7-21)22-8-10-23(11-9-22)27-25(29)30-26-15-18-12-19(16-26)14-20(13-18)17-26/h3-7,18-20,22-24H,8-17H2,1-2H3,(H,27,29). The zero-order valence-electron chi connectivity index (χ0n) is 18.7. The Hall–Kier alpha value is -1.55. The van der Waals surface area contributed by atoms with Gasteiger partial charge in [0.05, 0.1) is 0 Å². The molecule has 164 valence electrons. The molecule has 5 saturated carbocycles. The molecule has 5 fully saturated rings. The van der Waals surface area contributed by atoms with E-state index in [-0.39, 0.29) is 17.7 Å². The normalized spacial score (nSPS) is 38.4. The summed E-state index contributed by atoms with van der Waals surface area (Å²) in [6.07, 6.45) is 11.7. The number of ether oxygens (including phenoxy) is 1. The highest BCUT2D eigenvalue weighted by Gasteiger charge is 2.53. The molecule has 0 radical (unpaired) electrons. The monoisotopic (exact) mass is 410 g/mol. The van der Waals surface area contributed by atoms with Crippen LogP contribution in [-0.2, 0) is 4.74 Å². The summed E-state index contributed by atoms with van der Waals surface area (Å²) in [6, 6.07) is 11.6. The average molecular weight is 411 g/mol. The number of carbonyl (C=O) groups excluding carboxylic acids is 1. The quantitative estimate of drug-likeness (QED) is 0.693. The minimum atomic E-state index is -0.146. The van der Waals surface area contributed by atoms with Gasteiger partial charge in [-0.05, 0) is 108 Å². The van der Waals surface area contributed by atoms with Gasteiger partial charge in [-0.1, -0.05) is 30.3 Å². The molecule has 5 aliphatic carbocycles. The molecule has 6 rings (SSSR count). The molecule has 5 aliphatic rings. The van der Waals surface area contributed by atoms with Crippen LogP contribution in [0.1, 0.15) is 75.8 Å². The van der Waals surface area contributed by atoms with E-state index in [1.54, 1.807) is 0 Å². The highest BCUT2D eigenvalue weighted by molar-refractivity contribution is 5.68. The van der Waals surface area contributed by atoms with Crippen molar-refractivity contribution < 1.29 is 9.53 Å². The molecule has 1 aromatic rings. The summed E-state index contributed by atoms with van der Waals surface area (Å²) in [5.74, 6) is 3.06. The molecule has 0 saturated heterocycles. The number of carbonyl (C=O) groups is 1. The Labute approximate surface area is 181 Å². The van der Waals surface area contributed by atoms with Gasteiger partial charge in [-0.3, -0.25) is 0 Å². The van der Waals surface area contributed by atoms with Crippen molar-refractivity contribution in [1.82, 2.24) is 10.2 Å². The Morgan fingerprint density at radius 2 is 1.53 bits per heavy atom. The molecule has 0 heterocycles. The van der Waals surface area contributed by atoms with Crippen LogP contribution >= 0.6 is 0 Å². The van der Waals surface area contributed by atoms with E-state index in [4.69, 9.17) is 4.74 Å². The van der Waals surface area contributed by atoms with Crippen LogP contribution < -0.4 is 5.32 Å². The van der Waals surface area contributed by atoms with Crippen molar-refractivity contribution in [3.63, 3.8) is 0 Å². The van der Waals surface area contributed by atoms with E-state index in [1.165, 1.54) is 24.8 Å². The van der Waals surface area contributed by atoms with Gasteiger partial charge in [-0.25, -0.2) is 4.79 Å². The summed E-state index contributed by atoms with van der Waals surface area (Å²) < 4.78 is 6.18. The molecule has 1 N–H and O–H groups in total. The molecular weight excluding hydrogens is 372 g/mol. The molecule has 1 atom stereocenters. The van der Waals surface area contributed by atoms with Crippen molar-refractivity contribution in [1.29, 1.82) is 0 Å². The van der Waals surface area contributed by atoms with Crippen LogP contribution in [0.2, 0.25) is 0 Å². The van der Waals surface area contributed by atoms with E-state index >= 15 is 0 Å². The van der Waals surface area contributed by atoms with Gasteiger partial charge in [0.15, 0.2) is 0 Å². The highest BCUT2D eigenvalue weighted by Crippen LogP contribution is 2.57.